The maximum Gasteiger partial charge on any atom is 0.146 e. The minimum absolute atomic E-state index is 0.208. The largest absolute Gasteiger partial charge is 0.372 e. The first-order valence-electron chi connectivity index (χ1n) is 5.25. The minimum atomic E-state index is -0.225. The fraction of sp³-hybridized carbons (Fsp3) is 0.500. The van der Waals surface area contributed by atoms with Crippen LogP contribution in [-0.4, -0.2) is 19.1 Å². The van der Waals surface area contributed by atoms with Gasteiger partial charge in [-0.15, -0.1) is 0 Å². The predicted molar refractivity (Wildman–Crippen MR) is 70.3 cm³/mol. The van der Waals surface area contributed by atoms with Crippen molar-refractivity contribution in [3.8, 4) is 0 Å². The molecule has 0 radical (unpaired) electrons. The van der Waals surface area contributed by atoms with Crippen molar-refractivity contribution in [3.63, 3.8) is 0 Å². The van der Waals surface area contributed by atoms with Crippen LogP contribution in [0.15, 0.2) is 22.7 Å². The molecule has 0 amide bonds. The second kappa shape index (κ2) is 5.15. The van der Waals surface area contributed by atoms with Gasteiger partial charge in [-0.3, -0.25) is 0 Å². The maximum absolute atomic E-state index is 13.5. The van der Waals surface area contributed by atoms with Crippen LogP contribution >= 0.6 is 15.9 Å². The number of hydrogen-bond acceptors (Lipinski definition) is 2. The van der Waals surface area contributed by atoms with E-state index in [1.807, 2.05) is 25.8 Å². The van der Waals surface area contributed by atoms with Gasteiger partial charge in [-0.05, 0) is 38.5 Å². The van der Waals surface area contributed by atoms with E-state index in [0.29, 0.717) is 5.69 Å². The molecule has 0 saturated carbocycles. The average Bonchev–Trinajstić information content (AvgIpc) is 2.17. The summed E-state index contributed by atoms with van der Waals surface area (Å²) < 4.78 is 14.4. The average molecular weight is 289 g/mol. The van der Waals surface area contributed by atoms with Gasteiger partial charge in [-0.2, -0.15) is 0 Å². The smallest absolute Gasteiger partial charge is 0.146 e. The van der Waals surface area contributed by atoms with E-state index in [9.17, 15) is 4.39 Å². The molecule has 0 fully saturated rings. The molecular weight excluding hydrogens is 271 g/mol. The first-order chi connectivity index (χ1) is 7.29. The third-order valence-electron chi connectivity index (χ3n) is 2.41. The van der Waals surface area contributed by atoms with Gasteiger partial charge in [0.25, 0.3) is 0 Å². The highest BCUT2D eigenvalue weighted by molar-refractivity contribution is 9.10. The molecule has 0 saturated heterocycles. The minimum Gasteiger partial charge on any atom is -0.372 e. The van der Waals surface area contributed by atoms with Crippen molar-refractivity contribution in [1.82, 2.24) is 0 Å². The van der Waals surface area contributed by atoms with Crippen LogP contribution in [0.1, 0.15) is 20.3 Å². The fourth-order valence-corrected chi connectivity index (χ4v) is 1.70. The molecule has 1 aromatic carbocycles. The van der Waals surface area contributed by atoms with Crippen molar-refractivity contribution in [3.05, 3.63) is 28.5 Å². The summed E-state index contributed by atoms with van der Waals surface area (Å²) in [7, 11) is 1.87. The van der Waals surface area contributed by atoms with Crippen LogP contribution in [0.3, 0.4) is 0 Å². The number of anilines is 1. The van der Waals surface area contributed by atoms with Crippen molar-refractivity contribution in [1.29, 1.82) is 0 Å². The Morgan fingerprint density at radius 2 is 2.06 bits per heavy atom. The Morgan fingerprint density at radius 3 is 2.62 bits per heavy atom. The molecule has 90 valence electrons. The molecular formula is C12H18BrFN2. The topological polar surface area (TPSA) is 29.3 Å². The Morgan fingerprint density at radius 1 is 1.44 bits per heavy atom. The van der Waals surface area contributed by atoms with Crippen molar-refractivity contribution < 1.29 is 4.39 Å². The summed E-state index contributed by atoms with van der Waals surface area (Å²) in [6, 6.07) is 4.93. The Hall–Kier alpha value is -0.610. The van der Waals surface area contributed by atoms with Gasteiger partial charge >= 0.3 is 0 Å². The van der Waals surface area contributed by atoms with Crippen molar-refractivity contribution >= 4 is 21.6 Å². The first kappa shape index (κ1) is 13.5. The van der Waals surface area contributed by atoms with Crippen molar-refractivity contribution in [2.75, 3.05) is 18.5 Å². The van der Waals surface area contributed by atoms with Crippen LogP contribution in [-0.2, 0) is 0 Å². The first-order valence-corrected chi connectivity index (χ1v) is 6.04. The summed E-state index contributed by atoms with van der Waals surface area (Å²) in [6.07, 6.45) is 0.815. The standard InChI is InChI=1S/C12H18BrFN2/c1-12(2,15)6-7-16(3)11-8-9(13)4-5-10(11)14/h4-5,8H,6-7,15H2,1-3H3. The third-order valence-corrected chi connectivity index (χ3v) is 2.90. The lowest BCUT2D eigenvalue weighted by molar-refractivity contribution is 0.477. The second-order valence-corrected chi connectivity index (χ2v) is 5.67. The Kier molecular flexibility index (Phi) is 4.33. The second-order valence-electron chi connectivity index (χ2n) is 4.76. The summed E-state index contributed by atoms with van der Waals surface area (Å²) in [5.74, 6) is -0.208. The van der Waals surface area contributed by atoms with E-state index in [0.717, 1.165) is 17.4 Å². The molecule has 0 aliphatic heterocycles. The highest BCUT2D eigenvalue weighted by atomic mass is 79.9. The molecule has 0 aromatic heterocycles. The van der Waals surface area contributed by atoms with Crippen LogP contribution in [0.5, 0.6) is 0 Å². The van der Waals surface area contributed by atoms with E-state index >= 15 is 0 Å². The lowest BCUT2D eigenvalue weighted by Gasteiger charge is -2.25. The Bertz CT molecular complexity index is 361. The van der Waals surface area contributed by atoms with Crippen LogP contribution < -0.4 is 10.6 Å². The van der Waals surface area contributed by atoms with E-state index in [1.165, 1.54) is 6.07 Å². The molecule has 1 aromatic rings. The predicted octanol–water partition coefficient (Wildman–Crippen LogP) is 3.15. The Labute approximate surface area is 105 Å². The molecule has 16 heavy (non-hydrogen) atoms. The number of halogens is 2. The molecule has 2 N–H and O–H groups in total. The van der Waals surface area contributed by atoms with E-state index in [1.54, 1.807) is 12.1 Å². The summed E-state index contributed by atoms with van der Waals surface area (Å²) in [4.78, 5) is 1.88. The Balaban J connectivity index is 2.73. The van der Waals surface area contributed by atoms with E-state index in [-0.39, 0.29) is 11.4 Å². The molecule has 0 aliphatic rings. The van der Waals surface area contributed by atoms with Gasteiger partial charge in [0.1, 0.15) is 5.82 Å². The maximum atomic E-state index is 13.5. The van der Waals surface area contributed by atoms with Gasteiger partial charge in [0, 0.05) is 23.6 Å². The van der Waals surface area contributed by atoms with E-state index in [2.05, 4.69) is 15.9 Å². The van der Waals surface area contributed by atoms with Crippen LogP contribution in [0.25, 0.3) is 0 Å². The normalized spacial score (nSPS) is 11.6. The zero-order valence-corrected chi connectivity index (χ0v) is 11.5. The molecule has 0 bridgehead atoms. The van der Waals surface area contributed by atoms with Gasteiger partial charge in [0.15, 0.2) is 0 Å². The van der Waals surface area contributed by atoms with Crippen molar-refractivity contribution in [2.24, 2.45) is 5.73 Å². The summed E-state index contributed by atoms with van der Waals surface area (Å²) in [5.41, 5.74) is 6.27. The quantitative estimate of drug-likeness (QED) is 0.922. The molecule has 4 heteroatoms. The zero-order chi connectivity index (χ0) is 12.3. The molecule has 0 unspecified atom stereocenters. The van der Waals surface area contributed by atoms with Gasteiger partial charge in [-0.1, -0.05) is 15.9 Å². The van der Waals surface area contributed by atoms with Gasteiger partial charge in [-0.25, -0.2) is 4.39 Å². The highest BCUT2D eigenvalue weighted by Crippen LogP contribution is 2.23. The molecule has 0 atom stereocenters. The lowest BCUT2D eigenvalue weighted by atomic mass is 10.0. The summed E-state index contributed by atoms with van der Waals surface area (Å²) >= 11 is 3.34. The van der Waals surface area contributed by atoms with Crippen LogP contribution in [0.4, 0.5) is 10.1 Å². The highest BCUT2D eigenvalue weighted by Gasteiger charge is 2.14. The van der Waals surface area contributed by atoms with E-state index in [4.69, 9.17) is 5.73 Å². The third kappa shape index (κ3) is 4.10. The van der Waals surface area contributed by atoms with Crippen molar-refractivity contribution in [2.45, 2.75) is 25.8 Å². The number of rotatable bonds is 4. The fourth-order valence-electron chi connectivity index (χ4n) is 1.35. The lowest BCUT2D eigenvalue weighted by Crippen LogP contribution is -2.36. The van der Waals surface area contributed by atoms with Gasteiger partial charge in [0.2, 0.25) is 0 Å². The number of nitrogens with two attached hydrogens (primary N) is 1. The van der Waals surface area contributed by atoms with Crippen LogP contribution in [0.2, 0.25) is 0 Å². The monoisotopic (exact) mass is 288 g/mol. The summed E-state index contributed by atoms with van der Waals surface area (Å²) in [5, 5.41) is 0. The number of nitrogens with zero attached hydrogens (tertiary/aromatic N) is 1. The molecule has 0 spiro atoms. The van der Waals surface area contributed by atoms with Gasteiger partial charge < -0.3 is 10.6 Å². The number of benzene rings is 1. The number of hydrogen-bond donors (Lipinski definition) is 1. The molecule has 2 nitrogen and oxygen atoms in total. The van der Waals surface area contributed by atoms with Crippen LogP contribution in [0, 0.1) is 5.82 Å². The molecule has 1 rings (SSSR count). The summed E-state index contributed by atoms with van der Waals surface area (Å²) in [6.45, 7) is 4.67. The van der Waals surface area contributed by atoms with Gasteiger partial charge in [0.05, 0.1) is 5.69 Å². The molecule has 0 aliphatic carbocycles. The zero-order valence-electron chi connectivity index (χ0n) is 9.93. The van der Waals surface area contributed by atoms with E-state index < -0.39 is 0 Å². The SMILES string of the molecule is CN(CCC(C)(C)N)c1cc(Br)ccc1F. The molecule has 0 heterocycles.